The van der Waals surface area contributed by atoms with Crippen LogP contribution in [0.5, 0.6) is 0 Å². The van der Waals surface area contributed by atoms with Gasteiger partial charge in [0.25, 0.3) is 5.91 Å². The SMILES string of the molecule is COC(=O)C1=C2C(=O)NCCN2C2=C(C(=O)CCC2)[C@@H]1c1ccc(N(C)C)cc1. The fourth-order valence-electron chi connectivity index (χ4n) is 4.50. The number of allylic oxidation sites excluding steroid dienone is 2. The first kappa shape index (κ1) is 19.2. The van der Waals surface area contributed by atoms with Crippen molar-refractivity contribution in [2.24, 2.45) is 0 Å². The maximum Gasteiger partial charge on any atom is 0.337 e. The Morgan fingerprint density at radius 3 is 2.55 bits per heavy atom. The van der Waals surface area contributed by atoms with E-state index in [0.717, 1.165) is 29.8 Å². The average Bonchev–Trinajstić information content (AvgIpc) is 2.73. The Labute approximate surface area is 170 Å². The second-order valence-electron chi connectivity index (χ2n) is 7.72. The van der Waals surface area contributed by atoms with E-state index in [1.807, 2.05) is 48.2 Å². The Bertz CT molecular complexity index is 943. The molecule has 1 saturated heterocycles. The number of esters is 1. The lowest BCUT2D eigenvalue weighted by atomic mass is 9.74. The van der Waals surface area contributed by atoms with Gasteiger partial charge in [0.05, 0.1) is 12.7 Å². The molecule has 4 rings (SSSR count). The van der Waals surface area contributed by atoms with Crippen LogP contribution in [0.4, 0.5) is 5.69 Å². The summed E-state index contributed by atoms with van der Waals surface area (Å²) >= 11 is 0. The van der Waals surface area contributed by atoms with Crippen molar-refractivity contribution in [1.29, 1.82) is 0 Å². The molecule has 2 heterocycles. The predicted octanol–water partition coefficient (Wildman–Crippen LogP) is 1.72. The quantitative estimate of drug-likeness (QED) is 0.785. The fraction of sp³-hybridized carbons (Fsp3) is 0.409. The normalized spacial score (nSPS) is 21.5. The molecule has 7 nitrogen and oxygen atoms in total. The molecular weight excluding hydrogens is 370 g/mol. The van der Waals surface area contributed by atoms with Crippen molar-refractivity contribution in [1.82, 2.24) is 10.2 Å². The minimum Gasteiger partial charge on any atom is -0.466 e. The smallest absolute Gasteiger partial charge is 0.337 e. The number of nitrogens with zero attached hydrogens (tertiary/aromatic N) is 2. The van der Waals surface area contributed by atoms with Gasteiger partial charge in [-0.15, -0.1) is 0 Å². The van der Waals surface area contributed by atoms with Gasteiger partial charge in [-0.3, -0.25) is 9.59 Å². The number of Topliss-reactive ketones (excluding diaryl/α,β-unsaturated/α-hetero) is 1. The molecule has 7 heteroatoms. The molecule has 0 radical (unpaired) electrons. The van der Waals surface area contributed by atoms with E-state index in [1.54, 1.807) is 0 Å². The van der Waals surface area contributed by atoms with Crippen molar-refractivity contribution in [3.05, 3.63) is 52.4 Å². The van der Waals surface area contributed by atoms with Crippen molar-refractivity contribution < 1.29 is 19.1 Å². The van der Waals surface area contributed by atoms with Crippen LogP contribution >= 0.6 is 0 Å². The number of piperazine rings is 1. The number of hydrogen-bond acceptors (Lipinski definition) is 6. The number of fused-ring (bicyclic) bond motifs is 2. The summed E-state index contributed by atoms with van der Waals surface area (Å²) in [6, 6.07) is 7.75. The molecule has 1 atom stereocenters. The van der Waals surface area contributed by atoms with Crippen LogP contribution < -0.4 is 10.2 Å². The molecule has 152 valence electrons. The summed E-state index contributed by atoms with van der Waals surface area (Å²) in [5.41, 5.74) is 3.89. The number of hydrogen-bond donors (Lipinski definition) is 1. The summed E-state index contributed by atoms with van der Waals surface area (Å²) in [5.74, 6) is -1.43. The van der Waals surface area contributed by atoms with E-state index < -0.39 is 11.9 Å². The predicted molar refractivity (Wildman–Crippen MR) is 108 cm³/mol. The molecule has 1 N–H and O–H groups in total. The van der Waals surface area contributed by atoms with Gasteiger partial charge in [-0.1, -0.05) is 12.1 Å². The molecule has 1 aliphatic carbocycles. The summed E-state index contributed by atoms with van der Waals surface area (Å²) < 4.78 is 5.07. The maximum atomic E-state index is 13.0. The number of anilines is 1. The lowest BCUT2D eigenvalue weighted by Gasteiger charge is -2.43. The average molecular weight is 395 g/mol. The molecule has 0 spiro atoms. The maximum absolute atomic E-state index is 13.0. The first-order valence-corrected chi connectivity index (χ1v) is 9.85. The molecule has 1 fully saturated rings. The summed E-state index contributed by atoms with van der Waals surface area (Å²) in [6.45, 7) is 1.02. The molecule has 29 heavy (non-hydrogen) atoms. The van der Waals surface area contributed by atoms with Crippen LogP contribution in [0.15, 0.2) is 46.8 Å². The zero-order chi connectivity index (χ0) is 20.7. The van der Waals surface area contributed by atoms with Gasteiger partial charge in [-0.05, 0) is 30.5 Å². The monoisotopic (exact) mass is 395 g/mol. The minimum absolute atomic E-state index is 0.0411. The summed E-state index contributed by atoms with van der Waals surface area (Å²) in [5, 5.41) is 2.83. The van der Waals surface area contributed by atoms with Gasteiger partial charge in [0.2, 0.25) is 0 Å². The van der Waals surface area contributed by atoms with Crippen LogP contribution in [0.1, 0.15) is 30.7 Å². The lowest BCUT2D eigenvalue weighted by molar-refractivity contribution is -0.137. The van der Waals surface area contributed by atoms with Crippen LogP contribution in [0.25, 0.3) is 0 Å². The fourth-order valence-corrected chi connectivity index (χ4v) is 4.50. The van der Waals surface area contributed by atoms with Gasteiger partial charge in [0.1, 0.15) is 5.70 Å². The topological polar surface area (TPSA) is 79.0 Å². The Balaban J connectivity index is 1.95. The Hall–Kier alpha value is -3.09. The van der Waals surface area contributed by atoms with Gasteiger partial charge >= 0.3 is 5.97 Å². The van der Waals surface area contributed by atoms with E-state index in [9.17, 15) is 14.4 Å². The van der Waals surface area contributed by atoms with E-state index in [1.165, 1.54) is 7.11 Å². The van der Waals surface area contributed by atoms with Crippen LogP contribution in [-0.2, 0) is 19.1 Å². The second-order valence-corrected chi connectivity index (χ2v) is 7.72. The molecule has 3 aliphatic rings. The van der Waals surface area contributed by atoms with E-state index in [0.29, 0.717) is 30.8 Å². The van der Waals surface area contributed by atoms with E-state index in [4.69, 9.17) is 4.74 Å². The zero-order valence-corrected chi connectivity index (χ0v) is 16.9. The molecule has 1 amide bonds. The van der Waals surface area contributed by atoms with Crippen molar-refractivity contribution >= 4 is 23.3 Å². The molecule has 0 unspecified atom stereocenters. The molecule has 2 aliphatic heterocycles. The third-order valence-corrected chi connectivity index (χ3v) is 5.84. The second kappa shape index (κ2) is 7.39. The molecule has 0 bridgehead atoms. The summed E-state index contributed by atoms with van der Waals surface area (Å²) in [7, 11) is 5.21. The minimum atomic E-state index is -0.600. The standard InChI is InChI=1S/C22H25N3O4/c1-24(2)14-9-7-13(8-10-14)17-18-15(5-4-6-16(18)26)25-12-11-23-21(27)20(25)19(17)22(28)29-3/h7-10,17H,4-6,11-12H2,1-3H3,(H,23,27)/t17-/m0/s1. The first-order valence-electron chi connectivity index (χ1n) is 9.85. The Kier molecular flexibility index (Phi) is 4.90. The number of amides is 1. The highest BCUT2D eigenvalue weighted by atomic mass is 16.5. The lowest BCUT2D eigenvalue weighted by Crippen LogP contribution is -2.50. The third-order valence-electron chi connectivity index (χ3n) is 5.84. The zero-order valence-electron chi connectivity index (χ0n) is 16.9. The number of rotatable bonds is 3. The van der Waals surface area contributed by atoms with E-state index in [-0.39, 0.29) is 17.3 Å². The number of nitrogens with one attached hydrogen (secondary N) is 1. The highest BCUT2D eigenvalue weighted by molar-refractivity contribution is 6.09. The number of benzene rings is 1. The number of methoxy groups -OCH3 is 1. The Morgan fingerprint density at radius 2 is 1.90 bits per heavy atom. The molecular formula is C22H25N3O4. The number of carbonyl (C=O) groups is 3. The largest absolute Gasteiger partial charge is 0.466 e. The molecule has 1 aromatic carbocycles. The number of ether oxygens (including phenoxy) is 1. The van der Waals surface area contributed by atoms with Gasteiger partial charge in [0.15, 0.2) is 5.78 Å². The summed E-state index contributed by atoms with van der Waals surface area (Å²) in [4.78, 5) is 42.6. The van der Waals surface area contributed by atoms with Crippen LogP contribution in [0.2, 0.25) is 0 Å². The van der Waals surface area contributed by atoms with Crippen molar-refractivity contribution in [3.63, 3.8) is 0 Å². The van der Waals surface area contributed by atoms with Crippen molar-refractivity contribution in [3.8, 4) is 0 Å². The third kappa shape index (κ3) is 3.10. The molecule has 0 saturated carbocycles. The van der Waals surface area contributed by atoms with Crippen LogP contribution in [0, 0.1) is 0 Å². The molecule has 0 aromatic heterocycles. The molecule has 1 aromatic rings. The highest BCUT2D eigenvalue weighted by Crippen LogP contribution is 2.46. The van der Waals surface area contributed by atoms with Crippen LogP contribution in [0.3, 0.4) is 0 Å². The number of carbonyl (C=O) groups excluding carboxylic acids is 3. The van der Waals surface area contributed by atoms with Crippen molar-refractivity contribution in [2.45, 2.75) is 25.2 Å². The van der Waals surface area contributed by atoms with Crippen LogP contribution in [-0.4, -0.2) is 56.9 Å². The van der Waals surface area contributed by atoms with Gasteiger partial charge < -0.3 is 19.9 Å². The van der Waals surface area contributed by atoms with E-state index in [2.05, 4.69) is 5.32 Å². The van der Waals surface area contributed by atoms with Crippen molar-refractivity contribution in [2.75, 3.05) is 39.2 Å². The van der Waals surface area contributed by atoms with Gasteiger partial charge in [0, 0.05) is 56.5 Å². The Morgan fingerprint density at radius 1 is 1.17 bits per heavy atom. The first-order chi connectivity index (χ1) is 13.9. The number of ketones is 1. The van der Waals surface area contributed by atoms with E-state index >= 15 is 0 Å². The highest BCUT2D eigenvalue weighted by Gasteiger charge is 2.45. The van der Waals surface area contributed by atoms with Gasteiger partial charge in [-0.2, -0.15) is 0 Å². The van der Waals surface area contributed by atoms with Gasteiger partial charge in [-0.25, -0.2) is 4.79 Å². The summed E-state index contributed by atoms with van der Waals surface area (Å²) in [6.07, 6.45) is 1.93.